The van der Waals surface area contributed by atoms with Crippen LogP contribution < -0.4 is 5.32 Å². The van der Waals surface area contributed by atoms with E-state index in [4.69, 9.17) is 0 Å². The van der Waals surface area contributed by atoms with Gasteiger partial charge in [0.2, 0.25) is 0 Å². The van der Waals surface area contributed by atoms with Crippen molar-refractivity contribution in [3.8, 4) is 0 Å². The third-order valence-corrected chi connectivity index (χ3v) is 4.84. The Labute approximate surface area is 115 Å². The van der Waals surface area contributed by atoms with Gasteiger partial charge in [-0.2, -0.15) is 0 Å². The highest BCUT2D eigenvalue weighted by Gasteiger charge is 2.17. The van der Waals surface area contributed by atoms with Crippen molar-refractivity contribution in [3.05, 3.63) is 29.8 Å². The summed E-state index contributed by atoms with van der Waals surface area (Å²) in [6.07, 6.45) is 3.60. The van der Waals surface area contributed by atoms with Crippen LogP contribution in [0.3, 0.4) is 0 Å². The first-order valence-electron chi connectivity index (χ1n) is 6.67. The van der Waals surface area contributed by atoms with Gasteiger partial charge in [0.1, 0.15) is 0 Å². The number of rotatable bonds is 4. The quantitative estimate of drug-likeness (QED) is 0.903. The van der Waals surface area contributed by atoms with Gasteiger partial charge in [-0.1, -0.05) is 12.1 Å². The number of benzene rings is 1. The van der Waals surface area contributed by atoms with Crippen molar-refractivity contribution in [1.82, 2.24) is 10.2 Å². The van der Waals surface area contributed by atoms with Gasteiger partial charge in [0, 0.05) is 18.8 Å². The zero-order chi connectivity index (χ0) is 13.9. The number of hydrogen-bond donors (Lipinski definition) is 1. The van der Waals surface area contributed by atoms with Crippen molar-refractivity contribution in [1.29, 1.82) is 0 Å². The predicted molar refractivity (Wildman–Crippen MR) is 76.9 cm³/mol. The van der Waals surface area contributed by atoms with Crippen LogP contribution in [-0.4, -0.2) is 45.8 Å². The highest BCUT2D eigenvalue weighted by molar-refractivity contribution is 7.90. The smallest absolute Gasteiger partial charge is 0.175 e. The zero-order valence-electron chi connectivity index (χ0n) is 11.6. The fourth-order valence-corrected chi connectivity index (χ4v) is 3.14. The molecule has 0 aromatic heterocycles. The Morgan fingerprint density at radius 2 is 1.79 bits per heavy atom. The lowest BCUT2D eigenvalue weighted by Gasteiger charge is -2.31. The Kier molecular flexibility index (Phi) is 4.60. The van der Waals surface area contributed by atoms with Crippen LogP contribution in [0.5, 0.6) is 0 Å². The van der Waals surface area contributed by atoms with Crippen molar-refractivity contribution in [2.24, 2.45) is 0 Å². The minimum Gasteiger partial charge on any atom is -0.317 e. The van der Waals surface area contributed by atoms with E-state index < -0.39 is 9.84 Å². The predicted octanol–water partition coefficient (Wildman–Crippen LogP) is 1.27. The third kappa shape index (κ3) is 4.03. The van der Waals surface area contributed by atoms with E-state index in [0.717, 1.165) is 25.2 Å². The molecule has 0 aliphatic carbocycles. The third-order valence-electron chi connectivity index (χ3n) is 3.72. The molecule has 0 amide bonds. The average molecular weight is 282 g/mol. The first-order chi connectivity index (χ1) is 8.97. The van der Waals surface area contributed by atoms with Crippen LogP contribution in [0.15, 0.2) is 29.2 Å². The monoisotopic (exact) mass is 282 g/mol. The van der Waals surface area contributed by atoms with E-state index >= 15 is 0 Å². The van der Waals surface area contributed by atoms with E-state index in [-0.39, 0.29) is 0 Å². The van der Waals surface area contributed by atoms with E-state index in [1.807, 2.05) is 12.1 Å². The molecule has 1 aromatic carbocycles. The van der Waals surface area contributed by atoms with E-state index in [1.54, 1.807) is 12.1 Å². The lowest BCUT2D eigenvalue weighted by Crippen LogP contribution is -2.40. The van der Waals surface area contributed by atoms with Crippen LogP contribution in [0, 0.1) is 0 Å². The summed E-state index contributed by atoms with van der Waals surface area (Å²) in [4.78, 5) is 2.75. The van der Waals surface area contributed by atoms with E-state index in [0.29, 0.717) is 10.9 Å². The maximum atomic E-state index is 11.4. The lowest BCUT2D eigenvalue weighted by molar-refractivity contribution is 0.192. The number of nitrogens with one attached hydrogen (secondary N) is 1. The van der Waals surface area contributed by atoms with Gasteiger partial charge < -0.3 is 5.32 Å². The topological polar surface area (TPSA) is 49.4 Å². The van der Waals surface area contributed by atoms with E-state index in [9.17, 15) is 8.42 Å². The molecular formula is C14H22N2O2S. The van der Waals surface area contributed by atoms with Crippen LogP contribution in [0.4, 0.5) is 0 Å². The molecule has 0 bridgehead atoms. The molecule has 0 radical (unpaired) electrons. The van der Waals surface area contributed by atoms with Crippen molar-refractivity contribution in [3.63, 3.8) is 0 Å². The molecule has 1 heterocycles. The Balaban J connectivity index is 1.99. The molecule has 1 N–H and O–H groups in total. The molecule has 0 saturated carbocycles. The summed E-state index contributed by atoms with van der Waals surface area (Å²) in [7, 11) is -0.951. The summed E-state index contributed by atoms with van der Waals surface area (Å²) in [5, 5.41) is 3.36. The van der Waals surface area contributed by atoms with Gasteiger partial charge in [-0.15, -0.1) is 0 Å². The first kappa shape index (κ1) is 14.5. The summed E-state index contributed by atoms with van der Waals surface area (Å²) < 4.78 is 22.8. The summed E-state index contributed by atoms with van der Waals surface area (Å²) in [5.41, 5.74) is 1.16. The number of nitrogens with zero attached hydrogens (tertiary/aromatic N) is 1. The number of sulfone groups is 1. The molecule has 4 nitrogen and oxygen atoms in total. The molecule has 1 aliphatic heterocycles. The Hall–Kier alpha value is -0.910. The second-order valence-electron chi connectivity index (χ2n) is 5.31. The summed E-state index contributed by atoms with van der Waals surface area (Å²) in [6.45, 7) is 3.04. The molecule has 0 atom stereocenters. The summed E-state index contributed by atoms with van der Waals surface area (Å²) in [6, 6.07) is 7.83. The first-order valence-corrected chi connectivity index (χ1v) is 8.56. The van der Waals surface area contributed by atoms with Gasteiger partial charge in [0.25, 0.3) is 0 Å². The fourth-order valence-electron chi connectivity index (χ4n) is 2.51. The fraction of sp³-hybridized carbons (Fsp3) is 0.571. The summed E-state index contributed by atoms with van der Waals surface area (Å²) in [5.74, 6) is 0. The minimum absolute atomic E-state index is 0.390. The van der Waals surface area contributed by atoms with Crippen LogP contribution in [0.1, 0.15) is 18.4 Å². The van der Waals surface area contributed by atoms with E-state index in [2.05, 4.69) is 17.3 Å². The van der Waals surface area contributed by atoms with Gasteiger partial charge in [0.05, 0.1) is 4.90 Å². The molecule has 19 heavy (non-hydrogen) atoms. The van der Waals surface area contributed by atoms with Crippen LogP contribution >= 0.6 is 0 Å². The molecule has 0 unspecified atom stereocenters. The molecule has 2 rings (SSSR count). The second kappa shape index (κ2) is 6.03. The van der Waals surface area contributed by atoms with Crippen molar-refractivity contribution in [2.45, 2.75) is 30.3 Å². The van der Waals surface area contributed by atoms with Crippen molar-refractivity contribution in [2.75, 3.05) is 26.4 Å². The number of hydrogen-bond acceptors (Lipinski definition) is 4. The Bertz CT molecular complexity index is 505. The number of piperidine rings is 1. The highest BCUT2D eigenvalue weighted by atomic mass is 32.2. The maximum Gasteiger partial charge on any atom is 0.175 e. The molecule has 1 fully saturated rings. The molecule has 1 aromatic rings. The van der Waals surface area contributed by atoms with Gasteiger partial charge in [-0.25, -0.2) is 8.42 Å². The molecule has 1 aliphatic rings. The zero-order valence-corrected chi connectivity index (χ0v) is 12.4. The summed E-state index contributed by atoms with van der Waals surface area (Å²) >= 11 is 0. The minimum atomic E-state index is -3.09. The molecule has 1 saturated heterocycles. The van der Waals surface area contributed by atoms with Gasteiger partial charge in [-0.3, -0.25) is 4.90 Å². The Morgan fingerprint density at radius 1 is 1.21 bits per heavy atom. The standard InChI is InChI=1S/C14H22N2O2S/c1-16(13-7-9-15-10-8-13)11-12-3-5-14(6-4-12)19(2,17)18/h3-6,13,15H,7-11H2,1-2H3. The SMILES string of the molecule is CN(Cc1ccc(S(C)(=O)=O)cc1)C1CCNCC1. The molecule has 0 spiro atoms. The van der Waals surface area contributed by atoms with Crippen LogP contribution in [0.2, 0.25) is 0 Å². The molecule has 5 heteroatoms. The highest BCUT2D eigenvalue weighted by Crippen LogP contribution is 2.15. The van der Waals surface area contributed by atoms with Crippen molar-refractivity contribution >= 4 is 9.84 Å². The second-order valence-corrected chi connectivity index (χ2v) is 7.33. The van der Waals surface area contributed by atoms with Gasteiger partial charge >= 0.3 is 0 Å². The molecular weight excluding hydrogens is 260 g/mol. The van der Waals surface area contributed by atoms with Gasteiger partial charge in [0.15, 0.2) is 9.84 Å². The largest absolute Gasteiger partial charge is 0.317 e. The van der Waals surface area contributed by atoms with Crippen LogP contribution in [0.25, 0.3) is 0 Å². The average Bonchev–Trinajstić information content (AvgIpc) is 2.39. The van der Waals surface area contributed by atoms with E-state index in [1.165, 1.54) is 19.1 Å². The van der Waals surface area contributed by atoms with Crippen LogP contribution in [-0.2, 0) is 16.4 Å². The maximum absolute atomic E-state index is 11.4. The normalized spacial score (nSPS) is 17.8. The van der Waals surface area contributed by atoms with Gasteiger partial charge in [-0.05, 0) is 50.7 Å². The molecule has 106 valence electrons. The van der Waals surface area contributed by atoms with Crippen molar-refractivity contribution < 1.29 is 8.42 Å². The Morgan fingerprint density at radius 3 is 2.32 bits per heavy atom. The lowest BCUT2D eigenvalue weighted by atomic mass is 10.0.